The molecule has 408 valence electrons. The smallest absolute Gasteiger partial charge is 0.313 e. The third-order valence-corrected chi connectivity index (χ3v) is 17.1. The number of benzene rings is 2. The summed E-state index contributed by atoms with van der Waals surface area (Å²) < 4.78 is 20.4. The number of fused-ring (bicyclic) bond motifs is 6. The standard InChI is InChI=1S/C60H80N8O8/c1-10-67-48-18-17-40-29-45(48)46(54(67)44-14-11-21-61-50(44)37(6)74-9)31-59(7,8)34-75-49(69)30-42-13-12-22-68(64-42)56(71)47(27-38-25-41(40)28-43(26-38)76-58(73)36(4)5)62-55(70)53(35(2)3)65-23-19-60(32-65)20-24-66(33-60)57(72)52-51(63-52)39-15-16-39/h11,14,17-18,21,25-26,28-29,35-37,39,42,47,51-53,63-64H,10,12-13,15-16,19-20,22-24,27,30-34H2,1-9H3,(H,62,70)/t37-,42-,47-,51+,52+,53-,60-/m0/s1. The number of nitrogens with zero attached hydrogens (tertiary/aromatic N) is 5. The number of aromatic nitrogens is 2. The van der Waals surface area contributed by atoms with Crippen LogP contribution in [0.15, 0.2) is 54.7 Å². The minimum Gasteiger partial charge on any atom is -0.465 e. The molecule has 7 heterocycles. The quantitative estimate of drug-likeness (QED) is 0.0727. The van der Waals surface area contributed by atoms with Gasteiger partial charge in [-0.1, -0.05) is 53.7 Å². The van der Waals surface area contributed by atoms with Gasteiger partial charge in [-0.05, 0) is 136 Å². The van der Waals surface area contributed by atoms with Crippen LogP contribution in [0.1, 0.15) is 123 Å². The van der Waals surface area contributed by atoms with E-state index in [4.69, 9.17) is 19.2 Å². The Morgan fingerprint density at radius 2 is 1.72 bits per heavy atom. The van der Waals surface area contributed by atoms with Gasteiger partial charge in [-0.25, -0.2) is 5.43 Å². The largest absolute Gasteiger partial charge is 0.465 e. The maximum absolute atomic E-state index is 15.2. The summed E-state index contributed by atoms with van der Waals surface area (Å²) in [7, 11) is 1.69. The maximum atomic E-state index is 15.2. The molecule has 0 radical (unpaired) electrons. The molecule has 5 fully saturated rings. The number of hydrogen-bond donors (Lipinski definition) is 3. The topological polar surface area (TPSA) is 187 Å². The van der Waals surface area contributed by atoms with E-state index in [1.165, 1.54) is 12.8 Å². The summed E-state index contributed by atoms with van der Waals surface area (Å²) in [5.41, 5.74) is 10.0. The Bertz CT molecular complexity index is 2870. The average Bonchev–Trinajstić information content (AvgIpc) is 4.31. The van der Waals surface area contributed by atoms with Crippen LogP contribution in [0.3, 0.4) is 0 Å². The fraction of sp³-hybridized carbons (Fsp3) is 0.600. The van der Waals surface area contributed by atoms with Crippen LogP contribution in [0.4, 0.5) is 0 Å². The average molecular weight is 1040 g/mol. The minimum absolute atomic E-state index is 0.0559. The molecular formula is C60H80N8O8. The van der Waals surface area contributed by atoms with Crippen LogP contribution in [-0.4, -0.2) is 131 Å². The van der Waals surface area contributed by atoms with Gasteiger partial charge in [-0.15, -0.1) is 0 Å². The maximum Gasteiger partial charge on any atom is 0.313 e. The number of hydrogen-bond acceptors (Lipinski definition) is 12. The Morgan fingerprint density at radius 1 is 0.934 bits per heavy atom. The number of carbonyl (C=O) groups is 5. The number of pyridine rings is 1. The number of hydrazine groups is 1. The van der Waals surface area contributed by atoms with Crippen LogP contribution < -0.4 is 20.8 Å². The van der Waals surface area contributed by atoms with Gasteiger partial charge < -0.3 is 29.0 Å². The SMILES string of the molecule is CCn1c(-c2cccnc2[C@H](C)OC)c2c3cc(ccc31)-c1cc(cc(OC(=O)C(C)C)c1)C[C@H](NC(=O)[C@H](C(C)C)N1CC[C@]3(CCN(C(=O)[C@@H]4N[C@@H]4C4CC4)C3)C1)C(=O)N1CCC[C@@H](CC(=O)OCC(C)(C)C2)N1. The number of methoxy groups -OCH3 is 1. The van der Waals surface area contributed by atoms with Gasteiger partial charge in [-0.3, -0.25) is 44.2 Å². The molecule has 5 aliphatic heterocycles. The molecule has 7 atom stereocenters. The molecule has 6 aliphatic rings. The van der Waals surface area contributed by atoms with Crippen molar-refractivity contribution in [3.05, 3.63) is 71.5 Å². The molecule has 3 N–H and O–H groups in total. The lowest BCUT2D eigenvalue weighted by atomic mass is 9.84. The number of amides is 3. The lowest BCUT2D eigenvalue weighted by Gasteiger charge is -2.37. The number of carbonyl (C=O) groups excluding carboxylic acids is 5. The van der Waals surface area contributed by atoms with Gasteiger partial charge in [0, 0.05) is 91.8 Å². The molecule has 1 spiro atoms. The normalized spacial score (nSPS) is 25.9. The highest BCUT2D eigenvalue weighted by atomic mass is 16.5. The molecule has 3 amide bonds. The van der Waals surface area contributed by atoms with Crippen LogP contribution in [-0.2, 0) is 52.8 Å². The zero-order chi connectivity index (χ0) is 53.8. The first-order chi connectivity index (χ1) is 36.3. The molecule has 76 heavy (non-hydrogen) atoms. The number of rotatable bonds is 12. The van der Waals surface area contributed by atoms with E-state index in [1.54, 1.807) is 32.2 Å². The molecule has 10 rings (SSSR count). The van der Waals surface area contributed by atoms with E-state index in [0.717, 1.165) is 63.9 Å². The second-order valence-electron chi connectivity index (χ2n) is 24.4. The van der Waals surface area contributed by atoms with Gasteiger partial charge in [0.25, 0.3) is 5.91 Å². The third kappa shape index (κ3) is 11.2. The van der Waals surface area contributed by atoms with Gasteiger partial charge in [-0.2, -0.15) is 0 Å². The van der Waals surface area contributed by atoms with Gasteiger partial charge >= 0.3 is 11.9 Å². The van der Waals surface area contributed by atoms with Crippen molar-refractivity contribution in [1.29, 1.82) is 0 Å². The predicted molar refractivity (Wildman–Crippen MR) is 291 cm³/mol. The molecular weight excluding hydrogens is 961 g/mol. The molecule has 0 unspecified atom stereocenters. The van der Waals surface area contributed by atoms with Crippen molar-refractivity contribution in [3.63, 3.8) is 0 Å². The highest BCUT2D eigenvalue weighted by Crippen LogP contribution is 2.45. The van der Waals surface area contributed by atoms with Gasteiger partial charge in [0.05, 0.1) is 42.5 Å². The van der Waals surface area contributed by atoms with E-state index in [-0.39, 0.29) is 78.6 Å². The highest BCUT2D eigenvalue weighted by molar-refractivity contribution is 5.96. The van der Waals surface area contributed by atoms with Crippen molar-refractivity contribution < 1.29 is 38.2 Å². The molecule has 4 aromatic rings. The number of ether oxygens (including phenoxy) is 3. The number of aryl methyl sites for hydroxylation is 1. The minimum atomic E-state index is -1.03. The second kappa shape index (κ2) is 21.6. The Kier molecular flexibility index (Phi) is 15.3. The van der Waals surface area contributed by atoms with Gasteiger partial charge in [0.2, 0.25) is 11.8 Å². The molecule has 4 saturated heterocycles. The van der Waals surface area contributed by atoms with E-state index in [1.807, 2.05) is 36.1 Å². The van der Waals surface area contributed by atoms with Crippen molar-refractivity contribution in [1.82, 2.24) is 40.4 Å². The Labute approximate surface area is 448 Å². The Balaban J connectivity index is 1.02. The van der Waals surface area contributed by atoms with Gasteiger partial charge in [0.1, 0.15) is 17.8 Å². The molecule has 1 aliphatic carbocycles. The molecule has 16 nitrogen and oxygen atoms in total. The first kappa shape index (κ1) is 53.7. The highest BCUT2D eigenvalue weighted by Gasteiger charge is 2.55. The fourth-order valence-electron chi connectivity index (χ4n) is 12.8. The fourth-order valence-corrected chi connectivity index (χ4v) is 12.8. The van der Waals surface area contributed by atoms with E-state index < -0.39 is 23.4 Å². The van der Waals surface area contributed by atoms with Gasteiger partial charge in [0.15, 0.2) is 0 Å². The number of nitrogens with one attached hydrogen (secondary N) is 3. The Morgan fingerprint density at radius 3 is 2.46 bits per heavy atom. The molecule has 2 aromatic carbocycles. The van der Waals surface area contributed by atoms with Crippen LogP contribution in [0, 0.1) is 28.6 Å². The van der Waals surface area contributed by atoms with Crippen molar-refractivity contribution in [3.8, 4) is 28.1 Å². The van der Waals surface area contributed by atoms with Crippen LogP contribution in [0.2, 0.25) is 0 Å². The third-order valence-electron chi connectivity index (χ3n) is 17.1. The monoisotopic (exact) mass is 1040 g/mol. The molecule has 1 saturated carbocycles. The zero-order valence-corrected chi connectivity index (χ0v) is 46.2. The van der Waals surface area contributed by atoms with Crippen molar-refractivity contribution in [2.75, 3.05) is 46.4 Å². The lowest BCUT2D eigenvalue weighted by molar-refractivity contribution is -0.150. The number of esters is 2. The van der Waals surface area contributed by atoms with E-state index >= 15 is 9.59 Å². The number of likely N-dealkylation sites (tertiary alicyclic amines) is 2. The molecule has 2 aromatic heterocycles. The number of cyclic esters (lactones) is 1. The van der Waals surface area contributed by atoms with E-state index in [9.17, 15) is 14.4 Å². The predicted octanol–water partition coefficient (Wildman–Crippen LogP) is 7.40. The van der Waals surface area contributed by atoms with Crippen molar-refractivity contribution >= 4 is 40.6 Å². The summed E-state index contributed by atoms with van der Waals surface area (Å²) >= 11 is 0. The van der Waals surface area contributed by atoms with E-state index in [0.29, 0.717) is 75.3 Å². The second-order valence-corrected chi connectivity index (χ2v) is 24.4. The van der Waals surface area contributed by atoms with Crippen LogP contribution >= 0.6 is 0 Å². The Hall–Kier alpha value is -5.68. The summed E-state index contributed by atoms with van der Waals surface area (Å²) in [6.45, 7) is 20.1. The summed E-state index contributed by atoms with van der Waals surface area (Å²) in [6.07, 6.45) is 7.73. The first-order valence-corrected chi connectivity index (χ1v) is 28.2. The summed E-state index contributed by atoms with van der Waals surface area (Å²) in [5, 5.41) is 9.32. The van der Waals surface area contributed by atoms with Crippen molar-refractivity contribution in [2.45, 2.75) is 156 Å². The van der Waals surface area contributed by atoms with Crippen LogP contribution in [0.5, 0.6) is 5.75 Å². The first-order valence-electron chi connectivity index (χ1n) is 28.2. The molecule has 6 bridgehead atoms. The van der Waals surface area contributed by atoms with Crippen molar-refractivity contribution in [2.24, 2.45) is 28.6 Å². The van der Waals surface area contributed by atoms with Crippen LogP contribution in [0.25, 0.3) is 33.3 Å². The summed E-state index contributed by atoms with van der Waals surface area (Å²) in [4.78, 5) is 80.2. The van der Waals surface area contributed by atoms with E-state index in [2.05, 4.69) is 84.4 Å². The zero-order valence-electron chi connectivity index (χ0n) is 46.2. The molecule has 16 heteroatoms. The summed E-state index contributed by atoms with van der Waals surface area (Å²) in [6, 6.07) is 14.5. The summed E-state index contributed by atoms with van der Waals surface area (Å²) in [5.74, 6) is -0.587. The lowest BCUT2D eigenvalue weighted by Crippen LogP contribution is -2.61.